The molecular formula is C27H25FN4O5. The zero-order valence-corrected chi connectivity index (χ0v) is 20.5. The number of carbonyl (C=O) groups excluding carboxylic acids is 1. The smallest absolute Gasteiger partial charge is 0.318 e. The van der Waals surface area contributed by atoms with Gasteiger partial charge in [-0.05, 0) is 42.0 Å². The molecule has 9 nitrogen and oxygen atoms in total. The maximum atomic E-state index is 13.6. The van der Waals surface area contributed by atoms with E-state index in [1.807, 2.05) is 12.1 Å². The van der Waals surface area contributed by atoms with Crippen LogP contribution in [0.4, 0.5) is 10.2 Å². The number of halogens is 1. The van der Waals surface area contributed by atoms with Gasteiger partial charge in [0.05, 0.1) is 32.6 Å². The zero-order chi connectivity index (χ0) is 26.2. The van der Waals surface area contributed by atoms with E-state index in [0.29, 0.717) is 22.9 Å². The largest absolute Gasteiger partial charge is 0.493 e. The molecule has 4 rings (SSSR count). The second-order valence-corrected chi connectivity index (χ2v) is 7.75. The number of nitrogens with zero attached hydrogens (tertiary/aromatic N) is 3. The molecule has 0 unspecified atom stereocenters. The Hall–Kier alpha value is -4.73. The highest BCUT2D eigenvalue weighted by molar-refractivity contribution is 6.12. The molecule has 0 saturated heterocycles. The summed E-state index contributed by atoms with van der Waals surface area (Å²) in [7, 11) is 4.42. The van der Waals surface area contributed by atoms with Crippen molar-refractivity contribution in [2.24, 2.45) is 0 Å². The first-order chi connectivity index (χ1) is 18.0. The summed E-state index contributed by atoms with van der Waals surface area (Å²) in [5.41, 5.74) is 1.97. The normalized spacial score (nSPS) is 10.5. The van der Waals surface area contributed by atoms with Crippen molar-refractivity contribution in [2.45, 2.75) is 13.2 Å². The van der Waals surface area contributed by atoms with Gasteiger partial charge in [0.2, 0.25) is 5.75 Å². The molecule has 10 heteroatoms. The summed E-state index contributed by atoms with van der Waals surface area (Å²) in [4.78, 5) is 26.5. The number of nitrogens with one attached hydrogen (secondary N) is 1. The number of hydrogen-bond acceptors (Lipinski definition) is 9. The molecule has 4 aromatic rings. The van der Waals surface area contributed by atoms with Crippen molar-refractivity contribution in [1.29, 1.82) is 0 Å². The monoisotopic (exact) mass is 504 g/mol. The minimum atomic E-state index is -0.378. The van der Waals surface area contributed by atoms with Crippen LogP contribution in [0.15, 0.2) is 67.0 Å². The number of benzene rings is 2. The van der Waals surface area contributed by atoms with Gasteiger partial charge in [0, 0.05) is 24.5 Å². The predicted octanol–water partition coefficient (Wildman–Crippen LogP) is 4.46. The van der Waals surface area contributed by atoms with Crippen LogP contribution in [0.1, 0.15) is 27.2 Å². The van der Waals surface area contributed by atoms with Crippen LogP contribution in [0.2, 0.25) is 0 Å². The standard InChI is InChI=1S/C27H25FN4O5/c1-34-22-12-18(13-23(35-2)25(22)36-3)24(33)21-15-31-27(37-16-20-6-4-5-11-29-20)32-26(21)30-14-17-7-9-19(28)10-8-17/h4-13,15H,14,16H2,1-3H3,(H,30,31,32). The lowest BCUT2D eigenvalue weighted by Crippen LogP contribution is -2.13. The number of ether oxygens (including phenoxy) is 4. The second kappa shape index (κ2) is 11.8. The summed E-state index contributed by atoms with van der Waals surface area (Å²) in [5.74, 6) is 0.565. The molecule has 2 aromatic carbocycles. The van der Waals surface area contributed by atoms with Gasteiger partial charge in [-0.3, -0.25) is 9.78 Å². The number of aromatic nitrogens is 3. The average molecular weight is 505 g/mol. The molecule has 2 aromatic heterocycles. The van der Waals surface area contributed by atoms with Crippen LogP contribution in [0, 0.1) is 5.82 Å². The van der Waals surface area contributed by atoms with Gasteiger partial charge in [-0.2, -0.15) is 4.98 Å². The predicted molar refractivity (Wildman–Crippen MR) is 134 cm³/mol. The summed E-state index contributed by atoms with van der Waals surface area (Å²) in [5, 5.41) is 3.14. The number of hydrogen-bond donors (Lipinski definition) is 1. The van der Waals surface area contributed by atoms with Crippen molar-refractivity contribution in [3.8, 4) is 23.3 Å². The van der Waals surface area contributed by atoms with Crippen molar-refractivity contribution in [3.63, 3.8) is 0 Å². The molecule has 37 heavy (non-hydrogen) atoms. The molecule has 0 aliphatic heterocycles. The molecule has 190 valence electrons. The number of carbonyl (C=O) groups is 1. The van der Waals surface area contributed by atoms with Gasteiger partial charge < -0.3 is 24.3 Å². The van der Waals surface area contributed by atoms with Crippen molar-refractivity contribution in [1.82, 2.24) is 15.0 Å². The molecule has 2 heterocycles. The van der Waals surface area contributed by atoms with Gasteiger partial charge in [-0.1, -0.05) is 18.2 Å². The van der Waals surface area contributed by atoms with Crippen molar-refractivity contribution >= 4 is 11.6 Å². The van der Waals surface area contributed by atoms with Crippen LogP contribution in [-0.4, -0.2) is 42.1 Å². The first kappa shape index (κ1) is 25.4. The maximum Gasteiger partial charge on any atom is 0.318 e. The molecule has 0 aliphatic carbocycles. The van der Waals surface area contributed by atoms with Crippen LogP contribution in [0.5, 0.6) is 23.3 Å². The first-order valence-electron chi connectivity index (χ1n) is 11.2. The quantitative estimate of drug-likeness (QED) is 0.297. The zero-order valence-electron chi connectivity index (χ0n) is 20.5. The Morgan fingerprint density at radius 2 is 1.68 bits per heavy atom. The van der Waals surface area contributed by atoms with E-state index in [2.05, 4.69) is 20.3 Å². The third-order valence-corrected chi connectivity index (χ3v) is 5.39. The third kappa shape index (κ3) is 6.10. The van der Waals surface area contributed by atoms with Crippen LogP contribution in [-0.2, 0) is 13.2 Å². The van der Waals surface area contributed by atoms with Crippen LogP contribution >= 0.6 is 0 Å². The van der Waals surface area contributed by atoms with Crippen molar-refractivity contribution in [3.05, 3.63) is 95.2 Å². The summed E-state index contributed by atoms with van der Waals surface area (Å²) in [6, 6.07) is 14.6. The third-order valence-electron chi connectivity index (χ3n) is 5.39. The Morgan fingerprint density at radius 1 is 0.946 bits per heavy atom. The summed E-state index contributed by atoms with van der Waals surface area (Å²) in [6.45, 7) is 0.435. The van der Waals surface area contributed by atoms with Gasteiger partial charge in [0.1, 0.15) is 18.2 Å². The second-order valence-electron chi connectivity index (χ2n) is 7.75. The van der Waals surface area contributed by atoms with E-state index in [1.165, 1.54) is 39.7 Å². The first-order valence-corrected chi connectivity index (χ1v) is 11.2. The van der Waals surface area contributed by atoms with Gasteiger partial charge in [-0.25, -0.2) is 9.37 Å². The average Bonchev–Trinajstić information content (AvgIpc) is 2.95. The Kier molecular flexibility index (Phi) is 8.09. The molecule has 0 radical (unpaired) electrons. The van der Waals surface area contributed by atoms with Crippen molar-refractivity contribution in [2.75, 3.05) is 26.6 Å². The van der Waals surface area contributed by atoms with E-state index in [9.17, 15) is 9.18 Å². The Labute approximate surface area is 213 Å². The minimum absolute atomic E-state index is 0.0636. The lowest BCUT2D eigenvalue weighted by Gasteiger charge is -2.15. The summed E-state index contributed by atoms with van der Waals surface area (Å²) < 4.78 is 35.1. The van der Waals surface area contributed by atoms with Crippen LogP contribution in [0.25, 0.3) is 0 Å². The SMILES string of the molecule is COc1cc(C(=O)c2cnc(OCc3ccccn3)nc2NCc2ccc(F)cc2)cc(OC)c1OC. The molecule has 0 bridgehead atoms. The topological polar surface area (TPSA) is 105 Å². The van der Waals surface area contributed by atoms with Crippen LogP contribution in [0.3, 0.4) is 0 Å². The fourth-order valence-electron chi connectivity index (χ4n) is 3.51. The number of rotatable bonds is 11. The molecule has 0 amide bonds. The fourth-order valence-corrected chi connectivity index (χ4v) is 3.51. The summed E-state index contributed by atoms with van der Waals surface area (Å²) in [6.07, 6.45) is 3.05. The van der Waals surface area contributed by atoms with Crippen LogP contribution < -0.4 is 24.3 Å². The highest BCUT2D eigenvalue weighted by atomic mass is 19.1. The van der Waals surface area contributed by atoms with E-state index >= 15 is 0 Å². The number of ketones is 1. The van der Waals surface area contributed by atoms with Gasteiger partial charge in [0.15, 0.2) is 17.3 Å². The molecule has 0 saturated carbocycles. The highest BCUT2D eigenvalue weighted by Gasteiger charge is 2.22. The molecule has 0 aliphatic rings. The Balaban J connectivity index is 1.66. The lowest BCUT2D eigenvalue weighted by atomic mass is 10.0. The maximum absolute atomic E-state index is 13.6. The Morgan fingerprint density at radius 3 is 2.30 bits per heavy atom. The molecule has 0 fully saturated rings. The van der Waals surface area contributed by atoms with Gasteiger partial charge in [0.25, 0.3) is 0 Å². The van der Waals surface area contributed by atoms with Gasteiger partial charge >= 0.3 is 6.01 Å². The van der Waals surface area contributed by atoms with E-state index in [0.717, 1.165) is 5.56 Å². The molecule has 0 spiro atoms. The highest BCUT2D eigenvalue weighted by Crippen LogP contribution is 2.39. The lowest BCUT2D eigenvalue weighted by molar-refractivity contribution is 0.103. The number of methoxy groups -OCH3 is 3. The van der Waals surface area contributed by atoms with E-state index in [-0.39, 0.29) is 47.7 Å². The van der Waals surface area contributed by atoms with Crippen molar-refractivity contribution < 1.29 is 28.1 Å². The minimum Gasteiger partial charge on any atom is -0.493 e. The van der Waals surface area contributed by atoms with Gasteiger partial charge in [-0.15, -0.1) is 0 Å². The number of anilines is 1. The van der Waals surface area contributed by atoms with E-state index in [4.69, 9.17) is 18.9 Å². The van der Waals surface area contributed by atoms with E-state index < -0.39 is 0 Å². The summed E-state index contributed by atoms with van der Waals surface area (Å²) >= 11 is 0. The van der Waals surface area contributed by atoms with E-state index in [1.54, 1.807) is 36.5 Å². The molecule has 0 atom stereocenters. The Bertz CT molecular complexity index is 1340. The molecular weight excluding hydrogens is 479 g/mol. The number of pyridine rings is 1. The fraction of sp³-hybridized carbons (Fsp3) is 0.185. The molecule has 1 N–H and O–H groups in total.